The van der Waals surface area contributed by atoms with Gasteiger partial charge in [0.2, 0.25) is 0 Å². The van der Waals surface area contributed by atoms with Gasteiger partial charge in [-0.2, -0.15) is 0 Å². The summed E-state index contributed by atoms with van der Waals surface area (Å²) < 4.78 is 0. The van der Waals surface area contributed by atoms with Gasteiger partial charge in [-0.1, -0.05) is 19.8 Å². The van der Waals surface area contributed by atoms with Crippen LogP contribution in [0.15, 0.2) is 0 Å². The molecule has 1 aliphatic carbocycles. The number of thiocarbonyl (C=S) groups is 1. The fourth-order valence-corrected chi connectivity index (χ4v) is 2.79. The van der Waals surface area contributed by atoms with E-state index in [1.165, 1.54) is 32.1 Å². The minimum atomic E-state index is 0.665. The van der Waals surface area contributed by atoms with Crippen LogP contribution in [0.2, 0.25) is 0 Å². The van der Waals surface area contributed by atoms with Gasteiger partial charge in [-0.15, -0.1) is 0 Å². The van der Waals surface area contributed by atoms with Crippen molar-refractivity contribution in [1.82, 2.24) is 10.2 Å². The molecule has 2 rings (SSSR count). The highest BCUT2D eigenvalue weighted by atomic mass is 32.1. The average molecular weight is 212 g/mol. The maximum absolute atomic E-state index is 5.42. The Hall–Kier alpha value is -0.310. The molecule has 14 heavy (non-hydrogen) atoms. The zero-order chi connectivity index (χ0) is 9.97. The number of hydrogen-bond donors (Lipinski definition) is 1. The standard InChI is InChI=1S/C11H20N2S/c1-9-6-7-13(8-9)11(14)12-10-4-2-3-5-10/h9-10H,2-8H2,1H3,(H,12,14). The number of nitrogens with one attached hydrogen (secondary N) is 1. The monoisotopic (exact) mass is 212 g/mol. The lowest BCUT2D eigenvalue weighted by Gasteiger charge is -2.23. The van der Waals surface area contributed by atoms with Crippen LogP contribution in [-0.2, 0) is 0 Å². The summed E-state index contributed by atoms with van der Waals surface area (Å²) in [6.07, 6.45) is 6.66. The summed E-state index contributed by atoms with van der Waals surface area (Å²) in [7, 11) is 0. The van der Waals surface area contributed by atoms with E-state index in [9.17, 15) is 0 Å². The summed E-state index contributed by atoms with van der Waals surface area (Å²) in [6.45, 7) is 4.61. The van der Waals surface area contributed by atoms with Crippen LogP contribution >= 0.6 is 12.2 Å². The predicted molar refractivity (Wildman–Crippen MR) is 63.3 cm³/mol. The van der Waals surface area contributed by atoms with E-state index in [0.717, 1.165) is 24.1 Å². The van der Waals surface area contributed by atoms with Gasteiger partial charge in [0.05, 0.1) is 0 Å². The molecule has 80 valence electrons. The van der Waals surface area contributed by atoms with Gasteiger partial charge in [0.1, 0.15) is 0 Å². The third-order valence-electron chi connectivity index (χ3n) is 3.39. The van der Waals surface area contributed by atoms with E-state index in [1.54, 1.807) is 0 Å². The molecule has 1 heterocycles. The quantitative estimate of drug-likeness (QED) is 0.671. The smallest absolute Gasteiger partial charge is 0.169 e. The molecule has 0 radical (unpaired) electrons. The van der Waals surface area contributed by atoms with Crippen molar-refractivity contribution in [2.45, 2.75) is 45.1 Å². The molecule has 1 saturated carbocycles. The van der Waals surface area contributed by atoms with Gasteiger partial charge < -0.3 is 10.2 Å². The molecule has 2 aliphatic rings. The molecule has 1 aliphatic heterocycles. The summed E-state index contributed by atoms with van der Waals surface area (Å²) >= 11 is 5.42. The molecule has 2 nitrogen and oxygen atoms in total. The van der Waals surface area contributed by atoms with Crippen molar-refractivity contribution in [2.75, 3.05) is 13.1 Å². The Morgan fingerprint density at radius 1 is 1.29 bits per heavy atom. The Balaban J connectivity index is 1.77. The first-order valence-corrected chi connectivity index (χ1v) is 6.22. The first-order valence-electron chi connectivity index (χ1n) is 5.81. The van der Waals surface area contributed by atoms with Crippen LogP contribution in [0.5, 0.6) is 0 Å². The maximum Gasteiger partial charge on any atom is 0.169 e. The second-order valence-electron chi connectivity index (χ2n) is 4.77. The molecule has 0 aromatic carbocycles. The van der Waals surface area contributed by atoms with Gasteiger partial charge >= 0.3 is 0 Å². The van der Waals surface area contributed by atoms with Gasteiger partial charge in [0.25, 0.3) is 0 Å². The number of rotatable bonds is 1. The molecule has 0 aromatic heterocycles. The third-order valence-corrected chi connectivity index (χ3v) is 3.77. The SMILES string of the molecule is CC1CCN(C(=S)NC2CCCC2)C1. The molecular weight excluding hydrogens is 192 g/mol. The lowest BCUT2D eigenvalue weighted by molar-refractivity contribution is 0.468. The molecular formula is C11H20N2S. The van der Waals surface area contributed by atoms with E-state index < -0.39 is 0 Å². The Labute approximate surface area is 92.0 Å². The van der Waals surface area contributed by atoms with Crippen LogP contribution in [0.1, 0.15) is 39.0 Å². The highest BCUT2D eigenvalue weighted by molar-refractivity contribution is 7.80. The highest BCUT2D eigenvalue weighted by Gasteiger charge is 2.23. The molecule has 0 aromatic rings. The molecule has 0 spiro atoms. The first kappa shape index (κ1) is 10.2. The number of nitrogens with zero attached hydrogens (tertiary/aromatic N) is 1. The summed E-state index contributed by atoms with van der Waals surface area (Å²) in [5, 5.41) is 4.50. The molecule has 3 heteroatoms. The molecule has 1 N–H and O–H groups in total. The molecule has 0 amide bonds. The van der Waals surface area contributed by atoms with Crippen LogP contribution in [0.3, 0.4) is 0 Å². The minimum absolute atomic E-state index is 0.665. The fourth-order valence-electron chi connectivity index (χ4n) is 2.46. The Morgan fingerprint density at radius 3 is 2.57 bits per heavy atom. The lowest BCUT2D eigenvalue weighted by Crippen LogP contribution is -2.42. The second-order valence-corrected chi connectivity index (χ2v) is 5.16. The van der Waals surface area contributed by atoms with Gasteiger partial charge in [0.15, 0.2) is 5.11 Å². The van der Waals surface area contributed by atoms with E-state index in [-0.39, 0.29) is 0 Å². The minimum Gasteiger partial charge on any atom is -0.360 e. The largest absolute Gasteiger partial charge is 0.360 e. The molecule has 0 bridgehead atoms. The Bertz CT molecular complexity index is 211. The van der Waals surface area contributed by atoms with Crippen molar-refractivity contribution in [3.05, 3.63) is 0 Å². The van der Waals surface area contributed by atoms with Crippen LogP contribution in [0.4, 0.5) is 0 Å². The van der Waals surface area contributed by atoms with E-state index in [4.69, 9.17) is 12.2 Å². The molecule has 1 saturated heterocycles. The van der Waals surface area contributed by atoms with E-state index >= 15 is 0 Å². The molecule has 1 atom stereocenters. The van der Waals surface area contributed by atoms with Crippen LogP contribution in [0, 0.1) is 5.92 Å². The predicted octanol–water partition coefficient (Wildman–Crippen LogP) is 2.15. The Morgan fingerprint density at radius 2 is 2.00 bits per heavy atom. The van der Waals surface area contributed by atoms with Crippen molar-refractivity contribution in [3.63, 3.8) is 0 Å². The summed E-state index contributed by atoms with van der Waals surface area (Å²) in [5.74, 6) is 0.818. The normalized spacial score (nSPS) is 28.4. The first-order chi connectivity index (χ1) is 6.75. The second kappa shape index (κ2) is 4.47. The van der Waals surface area contributed by atoms with Gasteiger partial charge in [-0.05, 0) is 37.4 Å². The zero-order valence-corrected chi connectivity index (χ0v) is 9.78. The molecule has 2 fully saturated rings. The van der Waals surface area contributed by atoms with Crippen LogP contribution < -0.4 is 5.32 Å². The van der Waals surface area contributed by atoms with Gasteiger partial charge in [-0.3, -0.25) is 0 Å². The summed E-state index contributed by atoms with van der Waals surface area (Å²) in [4.78, 5) is 2.33. The summed E-state index contributed by atoms with van der Waals surface area (Å²) in [5.41, 5.74) is 0. The number of hydrogen-bond acceptors (Lipinski definition) is 1. The summed E-state index contributed by atoms with van der Waals surface area (Å²) in [6, 6.07) is 0.665. The average Bonchev–Trinajstić information content (AvgIpc) is 2.75. The van der Waals surface area contributed by atoms with Crippen molar-refractivity contribution < 1.29 is 0 Å². The maximum atomic E-state index is 5.42. The van der Waals surface area contributed by atoms with Crippen molar-refractivity contribution >= 4 is 17.3 Å². The van der Waals surface area contributed by atoms with Crippen molar-refractivity contribution in [2.24, 2.45) is 5.92 Å². The third kappa shape index (κ3) is 2.38. The zero-order valence-electron chi connectivity index (χ0n) is 8.96. The fraction of sp³-hybridized carbons (Fsp3) is 0.909. The lowest BCUT2D eigenvalue weighted by atomic mass is 10.2. The van der Waals surface area contributed by atoms with Crippen molar-refractivity contribution in [1.29, 1.82) is 0 Å². The topological polar surface area (TPSA) is 15.3 Å². The van der Waals surface area contributed by atoms with Gasteiger partial charge in [-0.25, -0.2) is 0 Å². The van der Waals surface area contributed by atoms with Crippen LogP contribution in [-0.4, -0.2) is 29.1 Å². The van der Waals surface area contributed by atoms with Crippen LogP contribution in [0.25, 0.3) is 0 Å². The number of likely N-dealkylation sites (tertiary alicyclic amines) is 1. The highest BCUT2D eigenvalue weighted by Crippen LogP contribution is 2.19. The van der Waals surface area contributed by atoms with Crippen molar-refractivity contribution in [3.8, 4) is 0 Å². The van der Waals surface area contributed by atoms with E-state index in [0.29, 0.717) is 6.04 Å². The van der Waals surface area contributed by atoms with Gasteiger partial charge in [0, 0.05) is 19.1 Å². The van der Waals surface area contributed by atoms with E-state index in [2.05, 4.69) is 17.1 Å². The van der Waals surface area contributed by atoms with E-state index in [1.807, 2.05) is 0 Å². The molecule has 1 unspecified atom stereocenters. The Kier molecular flexibility index (Phi) is 3.26.